The van der Waals surface area contributed by atoms with Gasteiger partial charge < -0.3 is 34.9 Å². The zero-order chi connectivity index (χ0) is 33.6. The van der Waals surface area contributed by atoms with E-state index in [1.807, 2.05) is 0 Å². The molecular weight excluding hydrogens is 602 g/mol. The van der Waals surface area contributed by atoms with E-state index < -0.39 is 47.4 Å². The first-order chi connectivity index (χ1) is 22.6. The lowest BCUT2D eigenvalue weighted by Crippen LogP contribution is -2.56. The number of methoxy groups -OCH3 is 2. The summed E-state index contributed by atoms with van der Waals surface area (Å²) in [4.78, 5) is 56.3. The van der Waals surface area contributed by atoms with E-state index in [2.05, 4.69) is 10.6 Å². The van der Waals surface area contributed by atoms with Gasteiger partial charge in [0.15, 0.2) is 6.61 Å². The number of hydrogen-bond acceptors (Lipinski definition) is 8. The first-order valence-corrected chi connectivity index (χ1v) is 15.8. The van der Waals surface area contributed by atoms with Crippen molar-refractivity contribution >= 4 is 34.9 Å². The van der Waals surface area contributed by atoms with Crippen molar-refractivity contribution in [1.82, 2.24) is 4.90 Å². The SMILES string of the molecule is COc1ccccc1NC(=O)C1C(=O)CC(C)(O)C(C(=O)Nc2ccccc2OC)C1c1ccc(OCC(=O)N2CCCCC2)cc1. The Kier molecular flexibility index (Phi) is 10.5. The van der Waals surface area contributed by atoms with Crippen LogP contribution in [0.4, 0.5) is 11.4 Å². The highest BCUT2D eigenvalue weighted by molar-refractivity contribution is 6.11. The van der Waals surface area contributed by atoms with Crippen LogP contribution < -0.4 is 24.8 Å². The predicted molar refractivity (Wildman–Crippen MR) is 176 cm³/mol. The van der Waals surface area contributed by atoms with Crippen molar-refractivity contribution in [1.29, 1.82) is 0 Å². The molecule has 4 atom stereocenters. The molecule has 0 radical (unpaired) electrons. The summed E-state index contributed by atoms with van der Waals surface area (Å²) in [5, 5.41) is 17.3. The zero-order valence-electron chi connectivity index (χ0n) is 26.9. The molecule has 1 saturated carbocycles. The number of rotatable bonds is 10. The molecular formula is C36H41N3O8. The molecule has 1 heterocycles. The van der Waals surface area contributed by atoms with Crippen LogP contribution in [-0.4, -0.2) is 73.0 Å². The summed E-state index contributed by atoms with van der Waals surface area (Å²) < 4.78 is 16.6. The molecule has 3 N–H and O–H groups in total. The van der Waals surface area contributed by atoms with Gasteiger partial charge in [0.25, 0.3) is 5.91 Å². The number of piperidine rings is 1. The van der Waals surface area contributed by atoms with E-state index >= 15 is 0 Å². The normalized spacial score (nSPS) is 22.6. The summed E-state index contributed by atoms with van der Waals surface area (Å²) in [6, 6.07) is 20.2. The number of para-hydroxylation sites is 4. The van der Waals surface area contributed by atoms with E-state index in [0.717, 1.165) is 19.3 Å². The second-order valence-electron chi connectivity index (χ2n) is 12.2. The van der Waals surface area contributed by atoms with Crippen molar-refractivity contribution in [3.63, 3.8) is 0 Å². The fraction of sp³-hybridized carbons (Fsp3) is 0.389. The molecule has 11 nitrogen and oxygen atoms in total. The highest BCUT2D eigenvalue weighted by atomic mass is 16.5. The maximum Gasteiger partial charge on any atom is 0.260 e. The molecule has 3 aromatic carbocycles. The van der Waals surface area contributed by atoms with Crippen LogP contribution in [0.25, 0.3) is 0 Å². The van der Waals surface area contributed by atoms with Gasteiger partial charge in [-0.3, -0.25) is 19.2 Å². The second-order valence-corrected chi connectivity index (χ2v) is 12.2. The van der Waals surface area contributed by atoms with Crippen molar-refractivity contribution in [3.8, 4) is 17.2 Å². The van der Waals surface area contributed by atoms with E-state index in [-0.39, 0.29) is 12.5 Å². The van der Waals surface area contributed by atoms with Crippen LogP contribution in [0.3, 0.4) is 0 Å². The Morgan fingerprint density at radius 1 is 0.830 bits per heavy atom. The van der Waals surface area contributed by atoms with Crippen LogP contribution in [0, 0.1) is 11.8 Å². The quantitative estimate of drug-likeness (QED) is 0.276. The zero-order valence-corrected chi connectivity index (χ0v) is 26.9. The average molecular weight is 644 g/mol. The van der Waals surface area contributed by atoms with E-state index in [0.29, 0.717) is 47.3 Å². The smallest absolute Gasteiger partial charge is 0.260 e. The Labute approximate surface area is 274 Å². The highest BCUT2D eigenvalue weighted by Crippen LogP contribution is 2.47. The van der Waals surface area contributed by atoms with Gasteiger partial charge >= 0.3 is 0 Å². The summed E-state index contributed by atoms with van der Waals surface area (Å²) in [5.41, 5.74) is -0.594. The lowest BCUT2D eigenvalue weighted by atomic mass is 9.61. The number of hydrogen-bond donors (Lipinski definition) is 3. The van der Waals surface area contributed by atoms with Crippen LogP contribution in [0.15, 0.2) is 72.8 Å². The summed E-state index contributed by atoms with van der Waals surface area (Å²) in [6.45, 7) is 2.74. The Morgan fingerprint density at radius 3 is 1.96 bits per heavy atom. The maximum atomic E-state index is 14.1. The Hall–Kier alpha value is -4.90. The van der Waals surface area contributed by atoms with Gasteiger partial charge in [0, 0.05) is 25.4 Å². The van der Waals surface area contributed by atoms with Gasteiger partial charge in [-0.25, -0.2) is 0 Å². The van der Waals surface area contributed by atoms with Crippen LogP contribution in [-0.2, 0) is 19.2 Å². The number of aliphatic hydroxyl groups is 1. The standard InChI is InChI=1S/C36H41N3O8/c1-36(44)21-27(40)32(34(42)37-25-11-5-7-13-28(25)45-2)31(33(36)35(43)38-26-12-6-8-14-29(26)46-3)23-15-17-24(18-16-23)47-22-30(41)39-19-9-4-10-20-39/h5-8,11-18,31-33,44H,4,9-10,19-22H2,1-3H3,(H,37,42)(H,38,43). The lowest BCUT2D eigenvalue weighted by Gasteiger charge is -2.44. The van der Waals surface area contributed by atoms with E-state index in [4.69, 9.17) is 14.2 Å². The summed E-state index contributed by atoms with van der Waals surface area (Å²) in [7, 11) is 2.95. The number of ketones is 1. The molecule has 248 valence electrons. The summed E-state index contributed by atoms with van der Waals surface area (Å²) in [5.74, 6) is -4.23. The number of benzene rings is 3. The molecule has 0 spiro atoms. The molecule has 1 aliphatic carbocycles. The van der Waals surface area contributed by atoms with E-state index in [9.17, 15) is 24.3 Å². The molecule has 2 aliphatic rings. The molecule has 3 amide bonds. The molecule has 0 bridgehead atoms. The number of amides is 3. The van der Waals surface area contributed by atoms with Gasteiger partial charge in [-0.2, -0.15) is 0 Å². The molecule has 3 aromatic rings. The third kappa shape index (κ3) is 7.57. The van der Waals surface area contributed by atoms with Crippen molar-refractivity contribution in [2.24, 2.45) is 11.8 Å². The molecule has 2 fully saturated rings. The van der Waals surface area contributed by atoms with Crippen molar-refractivity contribution in [3.05, 3.63) is 78.4 Å². The van der Waals surface area contributed by atoms with E-state index in [1.165, 1.54) is 21.1 Å². The summed E-state index contributed by atoms with van der Waals surface area (Å²) in [6.07, 6.45) is 2.64. The Morgan fingerprint density at radius 2 is 1.38 bits per heavy atom. The third-order valence-corrected chi connectivity index (χ3v) is 8.90. The van der Waals surface area contributed by atoms with Crippen molar-refractivity contribution in [2.45, 2.75) is 44.1 Å². The van der Waals surface area contributed by atoms with Gasteiger partial charge in [-0.05, 0) is 68.1 Å². The number of carbonyl (C=O) groups is 4. The first kappa shape index (κ1) is 33.5. The number of anilines is 2. The fourth-order valence-electron chi connectivity index (χ4n) is 6.57. The van der Waals surface area contributed by atoms with Gasteiger partial charge in [-0.15, -0.1) is 0 Å². The van der Waals surface area contributed by atoms with Crippen LogP contribution in [0.2, 0.25) is 0 Å². The number of nitrogens with zero attached hydrogens (tertiary/aromatic N) is 1. The van der Waals surface area contributed by atoms with Crippen LogP contribution in [0.5, 0.6) is 17.2 Å². The largest absolute Gasteiger partial charge is 0.495 e. The number of carbonyl (C=O) groups excluding carboxylic acids is 4. The lowest BCUT2D eigenvalue weighted by molar-refractivity contribution is -0.151. The number of ether oxygens (including phenoxy) is 3. The minimum atomic E-state index is -1.80. The van der Waals surface area contributed by atoms with Gasteiger partial charge in [0.05, 0.1) is 37.1 Å². The molecule has 47 heavy (non-hydrogen) atoms. The number of nitrogens with one attached hydrogen (secondary N) is 2. The Bertz CT molecular complexity index is 1600. The molecule has 11 heteroatoms. The average Bonchev–Trinajstić information content (AvgIpc) is 3.07. The van der Waals surface area contributed by atoms with Gasteiger partial charge in [0.2, 0.25) is 11.8 Å². The minimum Gasteiger partial charge on any atom is -0.495 e. The molecule has 4 unspecified atom stereocenters. The molecule has 0 aromatic heterocycles. The van der Waals surface area contributed by atoms with Gasteiger partial charge in [-0.1, -0.05) is 36.4 Å². The van der Waals surface area contributed by atoms with Crippen molar-refractivity contribution < 1.29 is 38.5 Å². The highest BCUT2D eigenvalue weighted by Gasteiger charge is 2.56. The predicted octanol–water partition coefficient (Wildman–Crippen LogP) is 4.41. The number of likely N-dealkylation sites (tertiary alicyclic amines) is 1. The van der Waals surface area contributed by atoms with Gasteiger partial charge in [0.1, 0.15) is 28.9 Å². The first-order valence-electron chi connectivity index (χ1n) is 15.8. The van der Waals surface area contributed by atoms with Crippen LogP contribution >= 0.6 is 0 Å². The van der Waals surface area contributed by atoms with E-state index in [1.54, 1.807) is 77.7 Å². The number of Topliss-reactive ketones (excluding diaryl/α,β-unsaturated/α-hetero) is 1. The maximum absolute atomic E-state index is 14.1. The monoisotopic (exact) mass is 643 g/mol. The topological polar surface area (TPSA) is 144 Å². The third-order valence-electron chi connectivity index (χ3n) is 8.90. The molecule has 1 saturated heterocycles. The molecule has 1 aliphatic heterocycles. The summed E-state index contributed by atoms with van der Waals surface area (Å²) >= 11 is 0. The Balaban J connectivity index is 1.48. The second kappa shape index (κ2) is 14.7. The minimum absolute atomic E-state index is 0.0937. The van der Waals surface area contributed by atoms with Crippen molar-refractivity contribution in [2.75, 3.05) is 44.5 Å². The fourth-order valence-corrected chi connectivity index (χ4v) is 6.57. The van der Waals surface area contributed by atoms with Crippen LogP contribution in [0.1, 0.15) is 44.1 Å². The molecule has 5 rings (SSSR count).